The van der Waals surface area contributed by atoms with Crippen LogP contribution in [0, 0.1) is 5.92 Å². The maximum absolute atomic E-state index is 12.6. The SMILES string of the molecule is C=C1C(C(F)(F)F)=CC(C(C)C)=CN1C. The molecule has 0 spiro atoms. The molecule has 0 unspecified atom stereocenters. The Balaban J connectivity index is 3.15. The molecule has 1 nitrogen and oxygen atoms in total. The summed E-state index contributed by atoms with van der Waals surface area (Å²) in [6.07, 6.45) is -1.48. The molecule has 0 fully saturated rings. The van der Waals surface area contributed by atoms with Crippen LogP contribution in [0.4, 0.5) is 13.2 Å². The number of hydrogen-bond acceptors (Lipinski definition) is 1. The van der Waals surface area contributed by atoms with Gasteiger partial charge in [0.25, 0.3) is 0 Å². The molecule has 4 heteroatoms. The third-order valence-electron chi connectivity index (χ3n) is 2.36. The van der Waals surface area contributed by atoms with Gasteiger partial charge in [0.15, 0.2) is 0 Å². The lowest BCUT2D eigenvalue weighted by molar-refractivity contribution is -0.0911. The first-order valence-corrected chi connectivity index (χ1v) is 4.66. The highest BCUT2D eigenvalue weighted by Crippen LogP contribution is 2.36. The number of likely N-dealkylation sites (N-methyl/N-ethyl adjacent to an activating group) is 1. The number of allylic oxidation sites excluding steroid dienone is 3. The molecule has 0 aromatic rings. The van der Waals surface area contributed by atoms with E-state index in [2.05, 4.69) is 6.58 Å². The third kappa shape index (κ3) is 2.43. The van der Waals surface area contributed by atoms with Crippen LogP contribution >= 0.6 is 0 Å². The van der Waals surface area contributed by atoms with Gasteiger partial charge in [-0.1, -0.05) is 20.4 Å². The standard InChI is InChI=1S/C11H14F3N/c1-7(2)9-5-10(11(12,13)14)8(3)15(4)6-9/h5-7H,3H2,1-2,4H3. The second kappa shape index (κ2) is 3.76. The summed E-state index contributed by atoms with van der Waals surface area (Å²) in [5, 5.41) is 0. The second-order valence-corrected chi connectivity index (χ2v) is 3.90. The van der Waals surface area contributed by atoms with Gasteiger partial charge in [0.05, 0.1) is 5.57 Å². The molecule has 1 aliphatic heterocycles. The monoisotopic (exact) mass is 217 g/mol. The van der Waals surface area contributed by atoms with E-state index in [1.54, 1.807) is 13.2 Å². The molecule has 0 saturated carbocycles. The molecule has 1 rings (SSSR count). The summed E-state index contributed by atoms with van der Waals surface area (Å²) in [6, 6.07) is 0. The molecule has 84 valence electrons. The number of nitrogens with zero attached hydrogens (tertiary/aromatic N) is 1. The van der Waals surface area contributed by atoms with Crippen molar-refractivity contribution in [3.05, 3.63) is 35.7 Å². The summed E-state index contributed by atoms with van der Waals surface area (Å²) in [5.41, 5.74) is 0.000301. The van der Waals surface area contributed by atoms with Gasteiger partial charge in [0.1, 0.15) is 0 Å². The van der Waals surface area contributed by atoms with E-state index in [1.807, 2.05) is 13.8 Å². The molecule has 1 aliphatic rings. The molecular formula is C11H14F3N. The van der Waals surface area contributed by atoms with Crippen LogP contribution in [0.1, 0.15) is 13.8 Å². The number of halogens is 3. The maximum atomic E-state index is 12.6. The van der Waals surface area contributed by atoms with Crippen molar-refractivity contribution in [2.45, 2.75) is 20.0 Å². The lowest BCUT2D eigenvalue weighted by atomic mass is 9.97. The molecular weight excluding hydrogens is 203 g/mol. The molecule has 1 heterocycles. The van der Waals surface area contributed by atoms with Crippen LogP contribution in [0.2, 0.25) is 0 Å². The molecule has 0 amide bonds. The average Bonchev–Trinajstić information content (AvgIpc) is 2.06. The summed E-state index contributed by atoms with van der Waals surface area (Å²) in [5.74, 6) is 0.0675. The maximum Gasteiger partial charge on any atom is 0.418 e. The van der Waals surface area contributed by atoms with E-state index in [4.69, 9.17) is 0 Å². The van der Waals surface area contributed by atoms with Crippen molar-refractivity contribution in [2.75, 3.05) is 7.05 Å². The lowest BCUT2D eigenvalue weighted by Gasteiger charge is -2.28. The molecule has 0 aliphatic carbocycles. The predicted octanol–water partition coefficient (Wildman–Crippen LogP) is 3.47. The Morgan fingerprint density at radius 3 is 2.27 bits per heavy atom. The van der Waals surface area contributed by atoms with Gasteiger partial charge in [-0.05, 0) is 17.6 Å². The Kier molecular flexibility index (Phi) is 2.98. The minimum absolute atomic E-state index is 0.00750. The van der Waals surface area contributed by atoms with Crippen molar-refractivity contribution in [1.82, 2.24) is 4.90 Å². The van der Waals surface area contributed by atoms with E-state index >= 15 is 0 Å². The largest absolute Gasteiger partial charge is 0.418 e. The topological polar surface area (TPSA) is 3.24 Å². The highest BCUT2D eigenvalue weighted by atomic mass is 19.4. The molecule has 0 bridgehead atoms. The Morgan fingerprint density at radius 1 is 1.33 bits per heavy atom. The zero-order valence-corrected chi connectivity index (χ0v) is 9.02. The normalized spacial score (nSPS) is 18.1. The molecule has 15 heavy (non-hydrogen) atoms. The smallest absolute Gasteiger partial charge is 0.351 e. The fourth-order valence-corrected chi connectivity index (χ4v) is 1.34. The average molecular weight is 217 g/mol. The Morgan fingerprint density at radius 2 is 1.87 bits per heavy atom. The number of hydrogen-bond donors (Lipinski definition) is 0. The Labute approximate surface area is 87.6 Å². The van der Waals surface area contributed by atoms with Gasteiger partial charge in [-0.15, -0.1) is 0 Å². The fourth-order valence-electron chi connectivity index (χ4n) is 1.34. The van der Waals surface area contributed by atoms with Crippen LogP contribution in [0.25, 0.3) is 0 Å². The van der Waals surface area contributed by atoms with Crippen LogP contribution in [0.5, 0.6) is 0 Å². The second-order valence-electron chi connectivity index (χ2n) is 3.90. The third-order valence-corrected chi connectivity index (χ3v) is 2.36. The molecule has 0 aromatic heterocycles. The van der Waals surface area contributed by atoms with E-state index in [1.165, 1.54) is 11.0 Å². The molecule has 0 radical (unpaired) electrons. The summed E-state index contributed by atoms with van der Waals surface area (Å²) < 4.78 is 37.9. The summed E-state index contributed by atoms with van der Waals surface area (Å²) in [6.45, 7) is 7.15. The van der Waals surface area contributed by atoms with Crippen molar-refractivity contribution >= 4 is 0 Å². The summed E-state index contributed by atoms with van der Waals surface area (Å²) in [7, 11) is 1.57. The van der Waals surface area contributed by atoms with Crippen LogP contribution in [-0.2, 0) is 0 Å². The van der Waals surface area contributed by atoms with Crippen LogP contribution < -0.4 is 0 Å². The van der Waals surface area contributed by atoms with E-state index < -0.39 is 11.7 Å². The van der Waals surface area contributed by atoms with Crippen molar-refractivity contribution < 1.29 is 13.2 Å². The van der Waals surface area contributed by atoms with Gasteiger partial charge >= 0.3 is 6.18 Å². The van der Waals surface area contributed by atoms with E-state index in [-0.39, 0.29) is 11.6 Å². The molecule has 0 saturated heterocycles. The molecule has 0 N–H and O–H groups in total. The Bertz CT molecular complexity index is 334. The molecule has 0 aromatic carbocycles. The van der Waals surface area contributed by atoms with Crippen molar-refractivity contribution in [2.24, 2.45) is 5.92 Å². The zero-order valence-electron chi connectivity index (χ0n) is 9.02. The first-order chi connectivity index (χ1) is 6.73. The van der Waals surface area contributed by atoms with E-state index in [0.717, 1.165) is 0 Å². The van der Waals surface area contributed by atoms with E-state index in [0.29, 0.717) is 5.57 Å². The quantitative estimate of drug-likeness (QED) is 0.650. The number of alkyl halides is 3. The minimum Gasteiger partial charge on any atom is -0.351 e. The first kappa shape index (κ1) is 11.9. The van der Waals surface area contributed by atoms with Gasteiger partial charge in [-0.3, -0.25) is 0 Å². The highest BCUT2D eigenvalue weighted by Gasteiger charge is 2.37. The van der Waals surface area contributed by atoms with Crippen LogP contribution in [-0.4, -0.2) is 18.1 Å². The highest BCUT2D eigenvalue weighted by molar-refractivity contribution is 5.43. The summed E-state index contributed by atoms with van der Waals surface area (Å²) >= 11 is 0. The molecule has 0 atom stereocenters. The van der Waals surface area contributed by atoms with E-state index in [9.17, 15) is 13.2 Å². The van der Waals surface area contributed by atoms with Gasteiger partial charge in [-0.25, -0.2) is 0 Å². The first-order valence-electron chi connectivity index (χ1n) is 4.66. The van der Waals surface area contributed by atoms with Gasteiger partial charge in [0, 0.05) is 18.9 Å². The van der Waals surface area contributed by atoms with Gasteiger partial charge in [-0.2, -0.15) is 13.2 Å². The van der Waals surface area contributed by atoms with Crippen molar-refractivity contribution in [3.63, 3.8) is 0 Å². The Hall–Kier alpha value is -1.19. The van der Waals surface area contributed by atoms with Crippen LogP contribution in [0.15, 0.2) is 35.7 Å². The van der Waals surface area contributed by atoms with Gasteiger partial charge < -0.3 is 4.90 Å². The van der Waals surface area contributed by atoms with Crippen molar-refractivity contribution in [3.8, 4) is 0 Å². The van der Waals surface area contributed by atoms with Crippen LogP contribution in [0.3, 0.4) is 0 Å². The van der Waals surface area contributed by atoms with Crippen molar-refractivity contribution in [1.29, 1.82) is 0 Å². The minimum atomic E-state index is -4.33. The fraction of sp³-hybridized carbons (Fsp3) is 0.455. The number of rotatable bonds is 1. The zero-order chi connectivity index (χ0) is 11.8. The lowest BCUT2D eigenvalue weighted by Crippen LogP contribution is -2.25. The predicted molar refractivity (Wildman–Crippen MR) is 54.0 cm³/mol. The summed E-state index contributed by atoms with van der Waals surface area (Å²) in [4.78, 5) is 1.41. The van der Waals surface area contributed by atoms with Gasteiger partial charge in [0.2, 0.25) is 0 Å².